The summed E-state index contributed by atoms with van der Waals surface area (Å²) >= 11 is 6.90. The molecule has 18 heavy (non-hydrogen) atoms. The number of hydrogen-bond donors (Lipinski definition) is 1. The monoisotopic (exact) mass is 368 g/mol. The number of nitrogens with two attached hydrogens (primary N) is 1. The molecule has 94 valence electrons. The van der Waals surface area contributed by atoms with Gasteiger partial charge in [0.25, 0.3) is 0 Å². The highest BCUT2D eigenvalue weighted by molar-refractivity contribution is 9.11. The van der Waals surface area contributed by atoms with Gasteiger partial charge in [-0.3, -0.25) is 4.98 Å². The van der Waals surface area contributed by atoms with Crippen LogP contribution in [0.2, 0.25) is 0 Å². The van der Waals surface area contributed by atoms with Crippen LogP contribution >= 0.6 is 31.9 Å². The summed E-state index contributed by atoms with van der Waals surface area (Å²) < 4.78 is 1.89. The molecule has 1 atom stereocenters. The Morgan fingerprint density at radius 3 is 2.67 bits per heavy atom. The van der Waals surface area contributed by atoms with E-state index in [1.807, 2.05) is 18.2 Å². The molecular formula is C14H14Br2N2. The summed E-state index contributed by atoms with van der Waals surface area (Å²) in [5.74, 6) is 0. The van der Waals surface area contributed by atoms with Gasteiger partial charge in [0.2, 0.25) is 0 Å². The van der Waals surface area contributed by atoms with Crippen LogP contribution in [0, 0.1) is 6.92 Å². The molecule has 2 rings (SSSR count). The fourth-order valence-electron chi connectivity index (χ4n) is 1.87. The normalized spacial score (nSPS) is 12.4. The SMILES string of the molecule is Cc1ccccc1CC(N)c1ncc(Br)cc1Br. The van der Waals surface area contributed by atoms with Gasteiger partial charge in [0, 0.05) is 15.1 Å². The molecule has 0 amide bonds. The lowest BCUT2D eigenvalue weighted by Crippen LogP contribution is -2.16. The molecule has 2 aromatic rings. The smallest absolute Gasteiger partial charge is 0.0716 e. The molecule has 0 spiro atoms. The number of rotatable bonds is 3. The second-order valence-corrected chi connectivity index (χ2v) is 6.03. The van der Waals surface area contributed by atoms with E-state index in [1.54, 1.807) is 6.20 Å². The highest BCUT2D eigenvalue weighted by Crippen LogP contribution is 2.26. The van der Waals surface area contributed by atoms with E-state index in [1.165, 1.54) is 11.1 Å². The predicted octanol–water partition coefficient (Wildman–Crippen LogP) is 4.16. The molecule has 0 bridgehead atoms. The molecular weight excluding hydrogens is 356 g/mol. The molecule has 2 N–H and O–H groups in total. The quantitative estimate of drug-likeness (QED) is 0.882. The first-order valence-electron chi connectivity index (χ1n) is 5.69. The summed E-state index contributed by atoms with van der Waals surface area (Å²) in [5, 5.41) is 0. The second-order valence-electron chi connectivity index (χ2n) is 4.26. The van der Waals surface area contributed by atoms with Crippen LogP contribution in [-0.4, -0.2) is 4.98 Å². The zero-order valence-electron chi connectivity index (χ0n) is 10.0. The number of pyridine rings is 1. The van der Waals surface area contributed by atoms with Crippen molar-refractivity contribution in [2.75, 3.05) is 0 Å². The molecule has 1 heterocycles. The Kier molecular flexibility index (Phi) is 4.54. The van der Waals surface area contributed by atoms with Gasteiger partial charge in [-0.05, 0) is 62.4 Å². The van der Waals surface area contributed by atoms with Crippen molar-refractivity contribution in [2.24, 2.45) is 5.73 Å². The highest BCUT2D eigenvalue weighted by atomic mass is 79.9. The number of halogens is 2. The van der Waals surface area contributed by atoms with Crippen LogP contribution in [0.1, 0.15) is 22.9 Å². The first kappa shape index (κ1) is 13.7. The van der Waals surface area contributed by atoms with Gasteiger partial charge in [-0.25, -0.2) is 0 Å². The Bertz CT molecular complexity index is 555. The summed E-state index contributed by atoms with van der Waals surface area (Å²) in [6, 6.07) is 10.2. The summed E-state index contributed by atoms with van der Waals surface area (Å²) in [7, 11) is 0. The fourth-order valence-corrected chi connectivity index (χ4v) is 3.15. The van der Waals surface area contributed by atoms with Crippen LogP contribution in [0.5, 0.6) is 0 Å². The zero-order chi connectivity index (χ0) is 13.1. The van der Waals surface area contributed by atoms with Crippen molar-refractivity contribution < 1.29 is 0 Å². The van der Waals surface area contributed by atoms with Crippen molar-refractivity contribution in [3.05, 3.63) is 62.3 Å². The molecule has 0 aliphatic heterocycles. The maximum atomic E-state index is 6.24. The largest absolute Gasteiger partial charge is 0.322 e. The Hall–Kier alpha value is -0.710. The second kappa shape index (κ2) is 5.95. The number of aromatic nitrogens is 1. The molecule has 0 saturated heterocycles. The van der Waals surface area contributed by atoms with Crippen LogP contribution in [0.15, 0.2) is 45.5 Å². The summed E-state index contributed by atoms with van der Waals surface area (Å²) in [4.78, 5) is 4.38. The molecule has 1 aromatic carbocycles. The Morgan fingerprint density at radius 2 is 2.00 bits per heavy atom. The topological polar surface area (TPSA) is 38.9 Å². The molecule has 1 aromatic heterocycles. The fraction of sp³-hybridized carbons (Fsp3) is 0.214. The van der Waals surface area contributed by atoms with Crippen molar-refractivity contribution in [1.82, 2.24) is 4.98 Å². The van der Waals surface area contributed by atoms with Crippen LogP contribution in [0.25, 0.3) is 0 Å². The van der Waals surface area contributed by atoms with Crippen LogP contribution in [-0.2, 0) is 6.42 Å². The minimum atomic E-state index is -0.103. The third-order valence-electron chi connectivity index (χ3n) is 2.89. The number of benzene rings is 1. The Morgan fingerprint density at radius 1 is 1.28 bits per heavy atom. The van der Waals surface area contributed by atoms with E-state index in [4.69, 9.17) is 5.73 Å². The van der Waals surface area contributed by atoms with E-state index >= 15 is 0 Å². The van der Waals surface area contributed by atoms with E-state index in [9.17, 15) is 0 Å². The van der Waals surface area contributed by atoms with Crippen LogP contribution in [0.4, 0.5) is 0 Å². The van der Waals surface area contributed by atoms with Crippen molar-refractivity contribution in [2.45, 2.75) is 19.4 Å². The van der Waals surface area contributed by atoms with Crippen molar-refractivity contribution in [1.29, 1.82) is 0 Å². The van der Waals surface area contributed by atoms with Gasteiger partial charge >= 0.3 is 0 Å². The minimum Gasteiger partial charge on any atom is -0.322 e. The van der Waals surface area contributed by atoms with Crippen molar-refractivity contribution in [3.63, 3.8) is 0 Å². The molecule has 0 radical (unpaired) electrons. The van der Waals surface area contributed by atoms with E-state index in [0.29, 0.717) is 0 Å². The lowest BCUT2D eigenvalue weighted by molar-refractivity contribution is 0.689. The van der Waals surface area contributed by atoms with Gasteiger partial charge in [0.15, 0.2) is 0 Å². The number of nitrogens with zero attached hydrogens (tertiary/aromatic N) is 1. The molecule has 0 saturated carbocycles. The lowest BCUT2D eigenvalue weighted by atomic mass is 9.99. The van der Waals surface area contributed by atoms with Gasteiger partial charge in [-0.2, -0.15) is 0 Å². The highest BCUT2D eigenvalue weighted by Gasteiger charge is 2.13. The average molecular weight is 370 g/mol. The maximum Gasteiger partial charge on any atom is 0.0716 e. The molecule has 4 heteroatoms. The summed E-state index contributed by atoms with van der Waals surface area (Å²) in [6.07, 6.45) is 2.57. The van der Waals surface area contributed by atoms with Crippen molar-refractivity contribution in [3.8, 4) is 0 Å². The van der Waals surface area contributed by atoms with E-state index < -0.39 is 0 Å². The van der Waals surface area contributed by atoms with E-state index in [0.717, 1.165) is 21.1 Å². The molecule has 2 nitrogen and oxygen atoms in total. The summed E-state index contributed by atoms with van der Waals surface area (Å²) in [6.45, 7) is 2.10. The average Bonchev–Trinajstić information content (AvgIpc) is 2.32. The number of hydrogen-bond acceptors (Lipinski definition) is 2. The van der Waals surface area contributed by atoms with E-state index in [-0.39, 0.29) is 6.04 Å². The van der Waals surface area contributed by atoms with Gasteiger partial charge in [-0.15, -0.1) is 0 Å². The third kappa shape index (κ3) is 3.19. The van der Waals surface area contributed by atoms with Gasteiger partial charge in [0.1, 0.15) is 0 Å². The Balaban J connectivity index is 2.22. The molecule has 0 aliphatic rings. The predicted molar refractivity (Wildman–Crippen MR) is 81.4 cm³/mol. The Labute approximate surface area is 124 Å². The van der Waals surface area contributed by atoms with Crippen LogP contribution in [0.3, 0.4) is 0 Å². The lowest BCUT2D eigenvalue weighted by Gasteiger charge is -2.14. The summed E-state index contributed by atoms with van der Waals surface area (Å²) in [5.41, 5.74) is 9.66. The molecule has 0 aliphatic carbocycles. The van der Waals surface area contributed by atoms with E-state index in [2.05, 4.69) is 55.9 Å². The molecule has 0 fully saturated rings. The standard InChI is InChI=1S/C14H14Br2N2/c1-9-4-2-3-5-10(9)6-13(17)14-12(16)7-11(15)8-18-14/h2-5,7-8,13H,6,17H2,1H3. The minimum absolute atomic E-state index is 0.103. The van der Waals surface area contributed by atoms with Gasteiger partial charge in [0.05, 0.1) is 11.7 Å². The first-order valence-corrected chi connectivity index (χ1v) is 7.27. The van der Waals surface area contributed by atoms with Gasteiger partial charge in [-0.1, -0.05) is 24.3 Å². The van der Waals surface area contributed by atoms with Crippen molar-refractivity contribution >= 4 is 31.9 Å². The van der Waals surface area contributed by atoms with Crippen LogP contribution < -0.4 is 5.73 Å². The number of aryl methyl sites for hydroxylation is 1. The molecule has 1 unspecified atom stereocenters. The zero-order valence-corrected chi connectivity index (χ0v) is 13.2. The first-order chi connectivity index (χ1) is 8.58. The maximum absolute atomic E-state index is 6.24. The van der Waals surface area contributed by atoms with Gasteiger partial charge < -0.3 is 5.73 Å². The third-order valence-corrected chi connectivity index (χ3v) is 3.96.